The second-order valence-electron chi connectivity index (χ2n) is 8.25. The van der Waals surface area contributed by atoms with Gasteiger partial charge in [0.05, 0.1) is 5.69 Å². The van der Waals surface area contributed by atoms with Gasteiger partial charge in [0.25, 0.3) is 0 Å². The van der Waals surface area contributed by atoms with E-state index >= 15 is 0 Å². The quantitative estimate of drug-likeness (QED) is 0.518. The first-order valence-electron chi connectivity index (χ1n) is 10.2. The van der Waals surface area contributed by atoms with Gasteiger partial charge in [-0.2, -0.15) is 13.2 Å². The molecule has 6 nitrogen and oxygen atoms in total. The van der Waals surface area contributed by atoms with Crippen molar-refractivity contribution in [1.82, 2.24) is 15.1 Å². The molecule has 4 heterocycles. The molecule has 1 aromatic carbocycles. The number of esters is 1. The lowest BCUT2D eigenvalue weighted by Gasteiger charge is -2.44. The molecular weight excluding hydrogens is 443 g/mol. The Bertz CT molecular complexity index is 1150. The van der Waals surface area contributed by atoms with Gasteiger partial charge in [0.2, 0.25) is 5.88 Å². The van der Waals surface area contributed by atoms with Crippen LogP contribution in [0.4, 0.5) is 13.2 Å². The third kappa shape index (κ3) is 3.81. The van der Waals surface area contributed by atoms with Crippen molar-refractivity contribution >= 4 is 27.4 Å². The van der Waals surface area contributed by atoms with E-state index in [2.05, 4.69) is 10.2 Å². The van der Waals surface area contributed by atoms with E-state index in [1.54, 1.807) is 35.4 Å². The van der Waals surface area contributed by atoms with Crippen LogP contribution in [0.15, 0.2) is 41.8 Å². The fourth-order valence-electron chi connectivity index (χ4n) is 4.68. The molecule has 2 aliphatic rings. The van der Waals surface area contributed by atoms with Crippen LogP contribution in [-0.2, 0) is 9.53 Å². The number of aromatic nitrogens is 2. The molecule has 3 atom stereocenters. The van der Waals surface area contributed by atoms with E-state index in [0.29, 0.717) is 25.0 Å². The Hall–Kier alpha value is -2.72. The molecule has 5 rings (SSSR count). The van der Waals surface area contributed by atoms with Crippen LogP contribution in [0.1, 0.15) is 25.7 Å². The van der Waals surface area contributed by atoms with Gasteiger partial charge in [-0.15, -0.1) is 21.5 Å². The largest absolute Gasteiger partial charge is 0.490 e. The summed E-state index contributed by atoms with van der Waals surface area (Å²) in [7, 11) is 1.69. The minimum absolute atomic E-state index is 0.0284. The van der Waals surface area contributed by atoms with Gasteiger partial charge in [-0.1, -0.05) is 6.07 Å². The predicted octanol–water partition coefficient (Wildman–Crippen LogP) is 4.80. The zero-order valence-corrected chi connectivity index (χ0v) is 17.9. The maximum absolute atomic E-state index is 12.8. The van der Waals surface area contributed by atoms with E-state index in [0.717, 1.165) is 10.9 Å². The number of fused-ring (bicyclic) bond motifs is 3. The molecule has 3 unspecified atom stereocenters. The van der Waals surface area contributed by atoms with Crippen molar-refractivity contribution in [3.8, 4) is 17.1 Å². The third-order valence-corrected chi connectivity index (χ3v) is 7.23. The average Bonchev–Trinajstić information content (AvgIpc) is 3.28. The number of ether oxygens (including phenoxy) is 2. The number of carbonyl (C=O) groups is 1. The lowest BCUT2D eigenvalue weighted by Crippen LogP contribution is -2.56. The summed E-state index contributed by atoms with van der Waals surface area (Å²) in [6.07, 6.45) is -3.74. The van der Waals surface area contributed by atoms with Crippen LogP contribution in [0.5, 0.6) is 5.88 Å². The fraction of sp³-hybridized carbons (Fsp3) is 0.409. The molecule has 2 saturated heterocycles. The van der Waals surface area contributed by atoms with Crippen LogP contribution in [0.3, 0.4) is 0 Å². The highest BCUT2D eigenvalue weighted by Gasteiger charge is 2.56. The first-order valence-corrected chi connectivity index (χ1v) is 11.1. The zero-order valence-electron chi connectivity index (χ0n) is 17.1. The average molecular weight is 463 g/mol. The Morgan fingerprint density at radius 2 is 2.06 bits per heavy atom. The first-order chi connectivity index (χ1) is 15.2. The van der Waals surface area contributed by atoms with Crippen LogP contribution in [0.25, 0.3) is 21.3 Å². The van der Waals surface area contributed by atoms with Crippen LogP contribution in [0.2, 0.25) is 0 Å². The van der Waals surface area contributed by atoms with E-state index in [1.165, 1.54) is 4.70 Å². The number of hydrogen-bond donors (Lipinski definition) is 0. The maximum atomic E-state index is 12.8. The molecule has 0 N–H and O–H groups in total. The van der Waals surface area contributed by atoms with E-state index < -0.39 is 24.0 Å². The van der Waals surface area contributed by atoms with Crippen molar-refractivity contribution in [2.45, 2.75) is 49.7 Å². The van der Waals surface area contributed by atoms with Gasteiger partial charge >= 0.3 is 12.1 Å². The minimum Gasteiger partial charge on any atom is -0.473 e. The van der Waals surface area contributed by atoms with Gasteiger partial charge in [0.1, 0.15) is 6.10 Å². The fourth-order valence-corrected chi connectivity index (χ4v) is 5.45. The number of benzene rings is 1. The molecule has 2 aliphatic heterocycles. The molecule has 2 bridgehead atoms. The maximum Gasteiger partial charge on any atom is 0.490 e. The zero-order chi connectivity index (χ0) is 22.5. The van der Waals surface area contributed by atoms with Crippen molar-refractivity contribution in [2.24, 2.45) is 0 Å². The lowest BCUT2D eigenvalue weighted by atomic mass is 9.97. The highest BCUT2D eigenvalue weighted by atomic mass is 32.1. The molecule has 0 spiro atoms. The van der Waals surface area contributed by atoms with Gasteiger partial charge in [0, 0.05) is 41.6 Å². The second kappa shape index (κ2) is 7.70. The normalized spacial score (nSPS) is 25.8. The van der Waals surface area contributed by atoms with Gasteiger partial charge < -0.3 is 9.47 Å². The number of nitrogens with zero attached hydrogens (tertiary/aromatic N) is 3. The number of alkyl halides is 3. The molecule has 2 fully saturated rings. The molecule has 32 heavy (non-hydrogen) atoms. The van der Waals surface area contributed by atoms with Gasteiger partial charge in [-0.3, -0.25) is 4.90 Å². The first kappa shape index (κ1) is 21.1. The molecule has 0 saturated carbocycles. The number of carbonyl (C=O) groups excluding carboxylic acids is 1. The Morgan fingerprint density at radius 3 is 2.81 bits per heavy atom. The van der Waals surface area contributed by atoms with Gasteiger partial charge in [-0.05, 0) is 48.5 Å². The van der Waals surface area contributed by atoms with Crippen LogP contribution in [-0.4, -0.2) is 52.2 Å². The summed E-state index contributed by atoms with van der Waals surface area (Å²) < 4.78 is 50.5. The summed E-state index contributed by atoms with van der Waals surface area (Å²) in [5.41, 5.74) is 0.318. The Balaban J connectivity index is 1.30. The summed E-state index contributed by atoms with van der Waals surface area (Å²) in [4.78, 5) is 13.3. The van der Waals surface area contributed by atoms with E-state index in [1.807, 2.05) is 29.6 Å². The van der Waals surface area contributed by atoms with Crippen molar-refractivity contribution < 1.29 is 27.4 Å². The topological polar surface area (TPSA) is 64.5 Å². The summed E-state index contributed by atoms with van der Waals surface area (Å²) in [5.74, 6) is -1.88. The highest BCUT2D eigenvalue weighted by Crippen LogP contribution is 2.45. The molecule has 0 aliphatic carbocycles. The summed E-state index contributed by atoms with van der Waals surface area (Å²) in [6.45, 7) is 0. The van der Waals surface area contributed by atoms with Crippen molar-refractivity contribution in [1.29, 1.82) is 0 Å². The summed E-state index contributed by atoms with van der Waals surface area (Å²) in [6, 6.07) is 11.6. The predicted molar refractivity (Wildman–Crippen MR) is 112 cm³/mol. The standard InChI is InChI=1S/C22H20F3N3O3S/c1-28-15-6-8-21(28,31-20(29)22(23,24)25)12-16(11-15)30-19-5-3-17(26-27-19)13-2-4-18-14(10-13)7-9-32-18/h2-5,7,9-10,15-16H,6,8,11-12H2,1H3. The number of halogens is 3. The van der Waals surface area contributed by atoms with Crippen molar-refractivity contribution in [3.05, 3.63) is 41.8 Å². The third-order valence-electron chi connectivity index (χ3n) is 6.33. The summed E-state index contributed by atoms with van der Waals surface area (Å²) >= 11 is 1.67. The van der Waals surface area contributed by atoms with Crippen LogP contribution < -0.4 is 4.74 Å². The molecule has 3 aromatic rings. The van der Waals surface area contributed by atoms with Crippen molar-refractivity contribution in [2.75, 3.05) is 7.05 Å². The summed E-state index contributed by atoms with van der Waals surface area (Å²) in [5, 5.41) is 11.6. The molecule has 2 aromatic heterocycles. The molecule has 0 amide bonds. The van der Waals surface area contributed by atoms with Gasteiger partial charge in [0.15, 0.2) is 5.72 Å². The number of thiophene rings is 1. The number of hydrogen-bond acceptors (Lipinski definition) is 7. The second-order valence-corrected chi connectivity index (χ2v) is 9.19. The number of piperidine rings is 1. The monoisotopic (exact) mass is 463 g/mol. The highest BCUT2D eigenvalue weighted by molar-refractivity contribution is 7.17. The van der Waals surface area contributed by atoms with Gasteiger partial charge in [-0.25, -0.2) is 4.79 Å². The Morgan fingerprint density at radius 1 is 1.22 bits per heavy atom. The molecule has 168 valence electrons. The van der Waals surface area contributed by atoms with E-state index in [4.69, 9.17) is 9.47 Å². The molecular formula is C22H20F3N3O3S. The Kier molecular flexibility index (Phi) is 5.09. The lowest BCUT2D eigenvalue weighted by molar-refractivity contribution is -0.235. The minimum atomic E-state index is -5.03. The number of rotatable bonds is 4. The SMILES string of the molecule is CN1C2CCC1(OC(=O)C(F)(F)F)CC(Oc1ccc(-c3ccc4sccc4c3)nn1)C2. The van der Waals surface area contributed by atoms with E-state index in [9.17, 15) is 18.0 Å². The molecule has 10 heteroatoms. The van der Waals surface area contributed by atoms with Crippen LogP contribution >= 0.6 is 11.3 Å². The Labute approximate surface area is 186 Å². The van der Waals surface area contributed by atoms with Crippen LogP contribution in [0, 0.1) is 0 Å². The van der Waals surface area contributed by atoms with Crippen molar-refractivity contribution in [3.63, 3.8) is 0 Å². The molecule has 0 radical (unpaired) electrons. The smallest absolute Gasteiger partial charge is 0.473 e. The van der Waals surface area contributed by atoms with E-state index in [-0.39, 0.29) is 18.3 Å².